The number of halogens is 2. The number of benzene rings is 3. The van der Waals surface area contributed by atoms with Crippen molar-refractivity contribution in [2.45, 2.75) is 109 Å². The monoisotopic (exact) mass is 829 g/mol. The summed E-state index contributed by atoms with van der Waals surface area (Å²) in [6, 6.07) is 17.5. The fourth-order valence-corrected chi connectivity index (χ4v) is 9.79. The first-order valence-electron chi connectivity index (χ1n) is 21.5. The van der Waals surface area contributed by atoms with Crippen molar-refractivity contribution >= 4 is 40.7 Å². The number of nitrogens with zero attached hydrogens (tertiary/aromatic N) is 4. The molecule has 6 aliphatic rings. The molecule has 0 aromatic heterocycles. The number of methoxy groups -OCH3 is 1. The predicted molar refractivity (Wildman–Crippen MR) is 232 cm³/mol. The molecular weight excluding hydrogens is 777 g/mol. The Bertz CT molecular complexity index is 2440. The molecule has 2 aliphatic carbocycles. The van der Waals surface area contributed by atoms with Crippen LogP contribution in [-0.4, -0.2) is 83.2 Å². The summed E-state index contributed by atoms with van der Waals surface area (Å²) in [6.07, 6.45) is 8.38. The summed E-state index contributed by atoms with van der Waals surface area (Å²) in [5, 5.41) is 2.72. The lowest BCUT2D eigenvalue weighted by molar-refractivity contribution is -0.134. The highest BCUT2D eigenvalue weighted by Crippen LogP contribution is 2.56. The van der Waals surface area contributed by atoms with Gasteiger partial charge in [-0.1, -0.05) is 62.4 Å². The lowest BCUT2D eigenvalue weighted by Gasteiger charge is -2.31. The molecule has 3 atom stereocenters. The zero-order chi connectivity index (χ0) is 43.0. The molecule has 4 aliphatic heterocycles. The Balaban J connectivity index is 0.872. The number of ether oxygens (including phenoxy) is 2. The fourth-order valence-electron chi connectivity index (χ4n) is 9.79. The maximum atomic E-state index is 16.5. The second-order valence-electron chi connectivity index (χ2n) is 19.0. The number of rotatable bonds is 8. The molecule has 0 unspecified atom stereocenters. The zero-order valence-electron chi connectivity index (χ0n) is 35.7. The summed E-state index contributed by atoms with van der Waals surface area (Å²) in [5.74, 6) is -3.51. The van der Waals surface area contributed by atoms with Crippen LogP contribution in [0.15, 0.2) is 83.0 Å². The first kappa shape index (κ1) is 40.7. The number of amides is 3. The van der Waals surface area contributed by atoms with Gasteiger partial charge < -0.3 is 19.7 Å². The molecule has 3 amide bonds. The molecule has 0 radical (unpaired) electrons. The highest BCUT2D eigenvalue weighted by Gasteiger charge is 2.55. The highest BCUT2D eigenvalue weighted by atomic mass is 19.3. The van der Waals surface area contributed by atoms with Gasteiger partial charge in [0.1, 0.15) is 11.6 Å². The van der Waals surface area contributed by atoms with E-state index in [1.165, 1.54) is 7.11 Å². The minimum Gasteiger partial charge on any atom is -0.453 e. The first-order chi connectivity index (χ1) is 29.0. The average molecular weight is 830 g/mol. The minimum absolute atomic E-state index is 0.0173. The second kappa shape index (κ2) is 15.1. The molecule has 1 N–H and O–H groups in total. The van der Waals surface area contributed by atoms with Gasteiger partial charge in [-0.15, -0.1) is 0 Å². The first-order valence-corrected chi connectivity index (χ1v) is 21.5. The normalized spacial score (nSPS) is 22.4. The van der Waals surface area contributed by atoms with Gasteiger partial charge >= 0.3 is 12.2 Å². The number of carbonyl (C=O) groups is 3. The quantitative estimate of drug-likeness (QED) is 0.243. The van der Waals surface area contributed by atoms with E-state index in [-0.39, 0.29) is 46.5 Å². The number of carbonyl (C=O) groups excluding carboxylic acids is 3. The van der Waals surface area contributed by atoms with E-state index in [9.17, 15) is 14.4 Å². The van der Waals surface area contributed by atoms with Crippen molar-refractivity contribution in [3.63, 3.8) is 0 Å². The summed E-state index contributed by atoms with van der Waals surface area (Å²) in [7, 11) is 1.28. The van der Waals surface area contributed by atoms with Crippen LogP contribution in [0, 0.1) is 11.3 Å². The Kier molecular flexibility index (Phi) is 10.1. The summed E-state index contributed by atoms with van der Waals surface area (Å²) < 4.78 is 43.5. The Morgan fingerprint density at radius 1 is 0.803 bits per heavy atom. The number of allylic oxidation sites excluding steroid dienone is 2. The van der Waals surface area contributed by atoms with Gasteiger partial charge in [0.15, 0.2) is 0 Å². The maximum absolute atomic E-state index is 16.5. The minimum atomic E-state index is -3.21. The van der Waals surface area contributed by atoms with Crippen LogP contribution in [-0.2, 0) is 20.2 Å². The van der Waals surface area contributed by atoms with Crippen LogP contribution in [0.5, 0.6) is 0 Å². The van der Waals surface area contributed by atoms with E-state index in [1.807, 2.05) is 82.1 Å². The van der Waals surface area contributed by atoms with Crippen molar-refractivity contribution in [3.05, 3.63) is 95.3 Å². The maximum Gasteiger partial charge on any atom is 0.410 e. The molecule has 9 rings (SSSR count). The highest BCUT2D eigenvalue weighted by molar-refractivity contribution is 6.05. The van der Waals surface area contributed by atoms with Crippen LogP contribution in [0.25, 0.3) is 33.4 Å². The summed E-state index contributed by atoms with van der Waals surface area (Å²) in [4.78, 5) is 52.2. The Labute approximate surface area is 355 Å². The smallest absolute Gasteiger partial charge is 0.410 e. The van der Waals surface area contributed by atoms with Crippen LogP contribution in [0.2, 0.25) is 0 Å². The second-order valence-corrected chi connectivity index (χ2v) is 19.0. The number of likely N-dealkylation sites (tertiary alicyclic amines) is 2. The molecule has 1 saturated carbocycles. The molecule has 3 aromatic rings. The molecule has 318 valence electrons. The van der Waals surface area contributed by atoms with Gasteiger partial charge in [-0.3, -0.25) is 19.7 Å². The largest absolute Gasteiger partial charge is 0.453 e. The van der Waals surface area contributed by atoms with Crippen molar-refractivity contribution in [1.29, 1.82) is 0 Å². The number of hydrogen-bond donors (Lipinski definition) is 1. The van der Waals surface area contributed by atoms with Crippen molar-refractivity contribution in [2.24, 2.45) is 21.3 Å². The summed E-state index contributed by atoms with van der Waals surface area (Å²) >= 11 is 0. The van der Waals surface area contributed by atoms with Crippen LogP contribution in [0.1, 0.15) is 102 Å². The standard InChI is InChI=1S/C49H53F2N5O5/c1-28(2)43(54-45(58)60-6)44(57)56-27-48(17-18-48)24-42(56)40-23-34(26-53-40)32-14-16-36-35-15-13-31(20-37(35)49(50,51)38(36)21-32)29-9-11-30(12-10-29)33-22-39(52-25-33)41-8-7-19-55(41)46(59)61-47(3,4)5/h9-16,20-21,25-26,28,41-43H,7-8,17-19,22-24,27H2,1-6H3,(H,54,58)/t41-,42-,43-/m0/s1. The number of nitrogens with one attached hydrogen (secondary N) is 1. The van der Waals surface area contributed by atoms with Crippen molar-refractivity contribution in [2.75, 3.05) is 20.2 Å². The third-order valence-electron chi connectivity index (χ3n) is 13.3. The fraction of sp³-hybridized carbons (Fsp3) is 0.449. The van der Waals surface area contributed by atoms with E-state index in [4.69, 9.17) is 19.5 Å². The molecule has 2 saturated heterocycles. The van der Waals surface area contributed by atoms with E-state index >= 15 is 8.78 Å². The Hall–Kier alpha value is -5.65. The lowest BCUT2D eigenvalue weighted by Crippen LogP contribution is -2.53. The topological polar surface area (TPSA) is 113 Å². The van der Waals surface area contributed by atoms with Crippen LogP contribution in [0.4, 0.5) is 18.4 Å². The zero-order valence-corrected chi connectivity index (χ0v) is 35.7. The molecule has 3 aromatic carbocycles. The van der Waals surface area contributed by atoms with Crippen LogP contribution in [0.3, 0.4) is 0 Å². The van der Waals surface area contributed by atoms with E-state index in [0.29, 0.717) is 48.2 Å². The number of hydrogen-bond acceptors (Lipinski definition) is 7. The molecule has 61 heavy (non-hydrogen) atoms. The van der Waals surface area contributed by atoms with Gasteiger partial charge in [0, 0.05) is 60.9 Å². The van der Waals surface area contributed by atoms with Crippen molar-refractivity contribution in [3.8, 4) is 22.3 Å². The van der Waals surface area contributed by atoms with E-state index in [0.717, 1.165) is 65.8 Å². The summed E-state index contributed by atoms with van der Waals surface area (Å²) in [5.41, 5.74) is 7.39. The number of aliphatic imine (C=N–C) groups is 2. The van der Waals surface area contributed by atoms with Crippen molar-refractivity contribution < 1.29 is 32.6 Å². The molecular formula is C49H53F2N5O5. The van der Waals surface area contributed by atoms with Gasteiger partial charge in [0.25, 0.3) is 5.92 Å². The third-order valence-corrected chi connectivity index (χ3v) is 13.3. The Morgan fingerprint density at radius 2 is 1.38 bits per heavy atom. The van der Waals surface area contributed by atoms with Crippen molar-refractivity contribution in [1.82, 2.24) is 15.1 Å². The van der Waals surface area contributed by atoms with E-state index in [1.54, 1.807) is 35.4 Å². The SMILES string of the molecule is COC(=O)N[C@H](C(=O)N1CC2(CC2)C[C@H]1C1=NC=C(c2ccc3c(c2)C(F)(F)c2cc(-c4ccc(C5=CN=C([C@@H]6CCCN6C(=O)OC(C)(C)C)C5)cc4)ccc2-3)C1)C(C)C. The van der Waals surface area contributed by atoms with Gasteiger partial charge in [-0.25, -0.2) is 9.59 Å². The van der Waals surface area contributed by atoms with Gasteiger partial charge in [0.2, 0.25) is 5.91 Å². The third kappa shape index (κ3) is 7.56. The number of alkyl carbamates (subject to hydrolysis) is 1. The molecule has 10 nitrogen and oxygen atoms in total. The molecule has 1 spiro atoms. The molecule has 12 heteroatoms. The molecule has 0 bridgehead atoms. The van der Waals surface area contributed by atoms with E-state index < -0.39 is 23.7 Å². The average Bonchev–Trinajstić information content (AvgIpc) is 3.82. The molecule has 3 fully saturated rings. The summed E-state index contributed by atoms with van der Waals surface area (Å²) in [6.45, 7) is 10.6. The molecule has 4 heterocycles. The lowest BCUT2D eigenvalue weighted by atomic mass is 9.93. The van der Waals surface area contributed by atoms with Gasteiger partial charge in [-0.05, 0) is 121 Å². The van der Waals surface area contributed by atoms with Gasteiger partial charge in [-0.2, -0.15) is 8.78 Å². The van der Waals surface area contributed by atoms with E-state index in [2.05, 4.69) is 5.32 Å². The van der Waals surface area contributed by atoms with Crippen LogP contribution < -0.4 is 5.32 Å². The Morgan fingerprint density at radius 3 is 1.98 bits per heavy atom. The number of alkyl halides is 2. The predicted octanol–water partition coefficient (Wildman–Crippen LogP) is 10.0. The van der Waals surface area contributed by atoms with Gasteiger partial charge in [0.05, 0.1) is 19.2 Å². The van der Waals surface area contributed by atoms with Crippen LogP contribution >= 0.6 is 0 Å². The number of fused-ring (bicyclic) bond motifs is 3.